The first kappa shape index (κ1) is 13.1. The maximum absolute atomic E-state index is 11.9. The highest BCUT2D eigenvalue weighted by Crippen LogP contribution is 2.20. The van der Waals surface area contributed by atoms with Crippen molar-refractivity contribution in [3.8, 4) is 11.4 Å². The number of aromatic amines is 1. The summed E-state index contributed by atoms with van der Waals surface area (Å²) in [5, 5.41) is 9.51. The lowest BCUT2D eigenvalue weighted by Gasteiger charge is -1.94. The second-order valence-corrected chi connectivity index (χ2v) is 5.91. The smallest absolute Gasteiger partial charge is 0.209 e. The molecule has 0 aliphatic carbocycles. The van der Waals surface area contributed by atoms with Crippen molar-refractivity contribution in [1.82, 2.24) is 15.2 Å². The third-order valence-corrected chi connectivity index (χ3v) is 4.40. The zero-order valence-corrected chi connectivity index (χ0v) is 12.1. The van der Waals surface area contributed by atoms with E-state index in [0.29, 0.717) is 10.9 Å². The Labute approximate surface area is 124 Å². The number of carbonyl (C=O) groups excluding carboxylic acids is 1. The Balaban J connectivity index is 1.65. The fourth-order valence-corrected chi connectivity index (χ4v) is 3.11. The predicted octanol–water partition coefficient (Wildman–Crippen LogP) is 3.51. The van der Waals surface area contributed by atoms with E-state index in [2.05, 4.69) is 15.2 Å². The molecule has 1 N–H and O–H groups in total. The summed E-state index contributed by atoms with van der Waals surface area (Å²) in [5.74, 6) is 1.18. The predicted molar refractivity (Wildman–Crippen MR) is 81.2 cm³/mol. The Hall–Kier alpha value is -1.92. The number of thioether (sulfide) groups is 1. The van der Waals surface area contributed by atoms with Gasteiger partial charge < -0.3 is 0 Å². The molecule has 0 amide bonds. The number of benzene rings is 1. The van der Waals surface area contributed by atoms with Gasteiger partial charge in [0.1, 0.15) is 0 Å². The van der Waals surface area contributed by atoms with Crippen LogP contribution >= 0.6 is 23.1 Å². The third-order valence-electron chi connectivity index (χ3n) is 2.64. The molecule has 0 atom stereocenters. The molecule has 0 fully saturated rings. The molecule has 4 nitrogen and oxygen atoms in total. The van der Waals surface area contributed by atoms with Crippen LogP contribution < -0.4 is 0 Å². The van der Waals surface area contributed by atoms with Crippen LogP contribution in [0.5, 0.6) is 0 Å². The van der Waals surface area contributed by atoms with Crippen LogP contribution in [0, 0.1) is 0 Å². The van der Waals surface area contributed by atoms with Crippen molar-refractivity contribution in [2.75, 3.05) is 5.75 Å². The number of nitrogens with zero attached hydrogens (tertiary/aromatic N) is 2. The number of hydrogen-bond acceptors (Lipinski definition) is 5. The van der Waals surface area contributed by atoms with Crippen LogP contribution in [0.3, 0.4) is 0 Å². The molecule has 0 bridgehead atoms. The molecule has 0 unspecified atom stereocenters. The fourth-order valence-electron chi connectivity index (χ4n) is 1.67. The van der Waals surface area contributed by atoms with Crippen molar-refractivity contribution in [2.24, 2.45) is 0 Å². The number of aromatic nitrogens is 3. The highest BCUT2D eigenvalue weighted by atomic mass is 32.2. The average Bonchev–Trinajstić information content (AvgIpc) is 3.17. The lowest BCUT2D eigenvalue weighted by molar-refractivity contribution is 0.102. The fraction of sp³-hybridized carbons (Fsp3) is 0.0714. The van der Waals surface area contributed by atoms with Crippen LogP contribution in [0.4, 0.5) is 0 Å². The summed E-state index contributed by atoms with van der Waals surface area (Å²) < 4.78 is 0. The quantitative estimate of drug-likeness (QED) is 0.579. The molecule has 0 radical (unpaired) electrons. The number of thiophene rings is 1. The zero-order valence-electron chi connectivity index (χ0n) is 10.4. The molecule has 2 aromatic heterocycles. The Morgan fingerprint density at radius 3 is 2.80 bits per heavy atom. The van der Waals surface area contributed by atoms with E-state index in [9.17, 15) is 4.79 Å². The zero-order chi connectivity index (χ0) is 13.8. The molecule has 2 heterocycles. The minimum Gasteiger partial charge on any atom is -0.292 e. The molecule has 0 aliphatic heterocycles. The number of hydrogen-bond donors (Lipinski definition) is 1. The van der Waals surface area contributed by atoms with Crippen LogP contribution in [0.25, 0.3) is 11.4 Å². The second-order valence-electron chi connectivity index (χ2n) is 4.02. The van der Waals surface area contributed by atoms with E-state index in [0.717, 1.165) is 16.3 Å². The van der Waals surface area contributed by atoms with Gasteiger partial charge in [-0.05, 0) is 11.4 Å². The molecule has 0 saturated carbocycles. The van der Waals surface area contributed by atoms with Gasteiger partial charge in [0.2, 0.25) is 5.16 Å². The first-order valence-corrected chi connectivity index (χ1v) is 7.87. The Bertz CT molecular complexity index is 692. The summed E-state index contributed by atoms with van der Waals surface area (Å²) in [7, 11) is 0. The summed E-state index contributed by atoms with van der Waals surface area (Å²) in [6.07, 6.45) is 0. The van der Waals surface area contributed by atoms with Crippen molar-refractivity contribution in [1.29, 1.82) is 0 Å². The average molecular weight is 301 g/mol. The maximum atomic E-state index is 11.9. The van der Waals surface area contributed by atoms with Gasteiger partial charge in [0, 0.05) is 5.56 Å². The van der Waals surface area contributed by atoms with Crippen molar-refractivity contribution in [2.45, 2.75) is 5.16 Å². The Kier molecular flexibility index (Phi) is 3.94. The number of carbonyl (C=O) groups is 1. The Morgan fingerprint density at radius 1 is 1.20 bits per heavy atom. The van der Waals surface area contributed by atoms with Gasteiger partial charge >= 0.3 is 0 Å². The van der Waals surface area contributed by atoms with E-state index in [1.807, 2.05) is 47.8 Å². The molecule has 3 rings (SSSR count). The number of rotatable bonds is 5. The molecule has 6 heteroatoms. The van der Waals surface area contributed by atoms with Gasteiger partial charge in [0.15, 0.2) is 11.6 Å². The molecule has 3 aromatic rings. The number of H-pyrrole nitrogens is 1. The summed E-state index contributed by atoms with van der Waals surface area (Å²) >= 11 is 2.80. The molecule has 0 saturated heterocycles. The van der Waals surface area contributed by atoms with Gasteiger partial charge in [-0.25, -0.2) is 4.98 Å². The van der Waals surface area contributed by atoms with Crippen LogP contribution in [0.2, 0.25) is 0 Å². The van der Waals surface area contributed by atoms with E-state index in [1.165, 1.54) is 23.1 Å². The van der Waals surface area contributed by atoms with E-state index in [4.69, 9.17) is 0 Å². The van der Waals surface area contributed by atoms with E-state index >= 15 is 0 Å². The highest BCUT2D eigenvalue weighted by molar-refractivity contribution is 7.99. The van der Waals surface area contributed by atoms with Gasteiger partial charge in [-0.3, -0.25) is 9.89 Å². The molecular weight excluding hydrogens is 290 g/mol. The molecular formula is C14H11N3OS2. The van der Waals surface area contributed by atoms with Gasteiger partial charge in [-0.2, -0.15) is 0 Å². The van der Waals surface area contributed by atoms with Crippen LogP contribution in [0.15, 0.2) is 53.0 Å². The number of ketones is 1. The second kappa shape index (κ2) is 6.02. The van der Waals surface area contributed by atoms with Crippen molar-refractivity contribution >= 4 is 28.9 Å². The summed E-state index contributed by atoms with van der Waals surface area (Å²) in [5.41, 5.74) is 0.983. The minimum absolute atomic E-state index is 0.107. The molecule has 0 aliphatic rings. The van der Waals surface area contributed by atoms with Gasteiger partial charge in [0.25, 0.3) is 0 Å². The van der Waals surface area contributed by atoms with Crippen molar-refractivity contribution < 1.29 is 4.79 Å². The van der Waals surface area contributed by atoms with Crippen molar-refractivity contribution in [3.05, 3.63) is 52.7 Å². The summed E-state index contributed by atoms with van der Waals surface area (Å²) in [6.45, 7) is 0. The molecule has 0 spiro atoms. The Morgan fingerprint density at radius 2 is 2.05 bits per heavy atom. The van der Waals surface area contributed by atoms with E-state index < -0.39 is 0 Å². The summed E-state index contributed by atoms with van der Waals surface area (Å²) in [4.78, 5) is 17.0. The number of nitrogens with one attached hydrogen (secondary N) is 1. The van der Waals surface area contributed by atoms with E-state index in [1.54, 1.807) is 0 Å². The van der Waals surface area contributed by atoms with Gasteiger partial charge in [-0.1, -0.05) is 48.2 Å². The molecule has 1 aromatic carbocycles. The first-order valence-electron chi connectivity index (χ1n) is 6.00. The minimum atomic E-state index is 0.107. The van der Waals surface area contributed by atoms with Crippen LogP contribution in [-0.4, -0.2) is 26.7 Å². The summed E-state index contributed by atoms with van der Waals surface area (Å²) in [6, 6.07) is 13.5. The van der Waals surface area contributed by atoms with Gasteiger partial charge in [-0.15, -0.1) is 16.4 Å². The third kappa shape index (κ3) is 2.97. The lowest BCUT2D eigenvalue weighted by Crippen LogP contribution is -1.99. The normalized spacial score (nSPS) is 10.6. The molecule has 100 valence electrons. The van der Waals surface area contributed by atoms with Crippen LogP contribution in [-0.2, 0) is 0 Å². The highest BCUT2D eigenvalue weighted by Gasteiger charge is 2.10. The topological polar surface area (TPSA) is 58.6 Å². The van der Waals surface area contributed by atoms with Crippen molar-refractivity contribution in [3.63, 3.8) is 0 Å². The number of Topliss-reactive ketones (excluding diaryl/α,β-unsaturated/α-hetero) is 1. The monoisotopic (exact) mass is 301 g/mol. The standard InChI is InChI=1S/C14H11N3OS2/c18-11(12-7-4-8-19-12)9-20-14-15-13(16-17-14)10-5-2-1-3-6-10/h1-8H,9H2,(H,15,16,17). The SMILES string of the molecule is O=C(CSc1n[nH]c(-c2ccccc2)n1)c1cccs1. The van der Waals surface area contributed by atoms with E-state index in [-0.39, 0.29) is 5.78 Å². The lowest BCUT2D eigenvalue weighted by atomic mass is 10.2. The largest absolute Gasteiger partial charge is 0.292 e. The van der Waals surface area contributed by atoms with Crippen LogP contribution in [0.1, 0.15) is 9.67 Å². The first-order chi connectivity index (χ1) is 9.83. The molecule has 20 heavy (non-hydrogen) atoms. The maximum Gasteiger partial charge on any atom is 0.209 e. The van der Waals surface area contributed by atoms with Gasteiger partial charge in [0.05, 0.1) is 10.6 Å².